The van der Waals surface area contributed by atoms with Crippen LogP contribution in [0.5, 0.6) is 0 Å². The number of hydrogen-bond donors (Lipinski definition) is 3. The number of rotatable bonds is 5. The molecule has 5 nitrogen and oxygen atoms in total. The van der Waals surface area contributed by atoms with Gasteiger partial charge in [-0.05, 0) is 51.1 Å². The molecule has 1 saturated heterocycles. The predicted octanol–water partition coefficient (Wildman–Crippen LogP) is 0.356. The molecular weight excluding hydrogens is 220 g/mol. The van der Waals surface area contributed by atoms with Gasteiger partial charge in [-0.1, -0.05) is 0 Å². The van der Waals surface area contributed by atoms with Crippen molar-refractivity contribution < 1.29 is 14.7 Å². The lowest BCUT2D eigenvalue weighted by atomic mass is 9.94. The lowest BCUT2D eigenvalue weighted by molar-refractivity contribution is -0.148. The Morgan fingerprint density at radius 2 is 2.12 bits per heavy atom. The van der Waals surface area contributed by atoms with Gasteiger partial charge in [-0.25, -0.2) is 4.79 Å². The highest BCUT2D eigenvalue weighted by Crippen LogP contribution is 2.39. The number of amides is 1. The fourth-order valence-corrected chi connectivity index (χ4v) is 2.48. The highest BCUT2D eigenvalue weighted by Gasteiger charge is 2.48. The summed E-state index contributed by atoms with van der Waals surface area (Å²) in [4.78, 5) is 23.1. The molecule has 1 amide bonds. The van der Waals surface area contributed by atoms with Crippen molar-refractivity contribution in [2.45, 2.75) is 38.1 Å². The molecule has 2 aliphatic rings. The van der Waals surface area contributed by atoms with E-state index >= 15 is 0 Å². The first kappa shape index (κ1) is 12.4. The van der Waals surface area contributed by atoms with Crippen LogP contribution in [0.4, 0.5) is 0 Å². The van der Waals surface area contributed by atoms with Crippen LogP contribution in [0.15, 0.2) is 0 Å². The number of nitrogens with one attached hydrogen (secondary N) is 2. The summed E-state index contributed by atoms with van der Waals surface area (Å²) in [6.07, 6.45) is 3.23. The van der Waals surface area contributed by atoms with Crippen LogP contribution >= 0.6 is 0 Å². The number of carbonyl (C=O) groups is 2. The molecule has 2 unspecified atom stereocenters. The summed E-state index contributed by atoms with van der Waals surface area (Å²) in [5.74, 6) is -0.591. The predicted molar refractivity (Wildman–Crippen MR) is 62.5 cm³/mol. The second kappa shape index (κ2) is 4.64. The van der Waals surface area contributed by atoms with Gasteiger partial charge < -0.3 is 15.7 Å². The molecule has 0 bridgehead atoms. The molecule has 1 saturated carbocycles. The van der Waals surface area contributed by atoms with Crippen LogP contribution in [0.25, 0.3) is 0 Å². The molecule has 0 spiro atoms. The zero-order valence-corrected chi connectivity index (χ0v) is 10.2. The number of aliphatic carboxylic acids is 1. The van der Waals surface area contributed by atoms with Crippen LogP contribution < -0.4 is 10.6 Å². The summed E-state index contributed by atoms with van der Waals surface area (Å²) in [6.45, 7) is 3.44. The topological polar surface area (TPSA) is 78.4 Å². The van der Waals surface area contributed by atoms with Crippen molar-refractivity contribution in [3.63, 3.8) is 0 Å². The number of hydrogen-bond acceptors (Lipinski definition) is 3. The van der Waals surface area contributed by atoms with Crippen LogP contribution in [0.3, 0.4) is 0 Å². The largest absolute Gasteiger partial charge is 0.480 e. The Morgan fingerprint density at radius 3 is 2.59 bits per heavy atom. The molecule has 2 atom stereocenters. The first-order valence-corrected chi connectivity index (χ1v) is 6.27. The molecule has 0 aromatic carbocycles. The molecule has 2 rings (SSSR count). The maximum absolute atomic E-state index is 11.8. The average Bonchev–Trinajstić information content (AvgIpc) is 2.99. The van der Waals surface area contributed by atoms with Crippen molar-refractivity contribution in [1.82, 2.24) is 10.6 Å². The van der Waals surface area contributed by atoms with E-state index in [9.17, 15) is 14.7 Å². The molecule has 0 aromatic rings. The van der Waals surface area contributed by atoms with Crippen molar-refractivity contribution in [1.29, 1.82) is 0 Å². The maximum Gasteiger partial charge on any atom is 0.329 e. The maximum atomic E-state index is 11.8. The number of carboxylic acid groups (broad SMARTS) is 1. The highest BCUT2D eigenvalue weighted by molar-refractivity contribution is 5.87. The van der Waals surface area contributed by atoms with E-state index in [0.29, 0.717) is 12.3 Å². The van der Waals surface area contributed by atoms with Crippen LogP contribution in [-0.2, 0) is 9.59 Å². The molecule has 5 heteroatoms. The van der Waals surface area contributed by atoms with Gasteiger partial charge in [0.1, 0.15) is 5.54 Å². The molecule has 3 N–H and O–H groups in total. The van der Waals surface area contributed by atoms with Gasteiger partial charge in [-0.15, -0.1) is 0 Å². The van der Waals surface area contributed by atoms with E-state index in [2.05, 4.69) is 10.6 Å². The lowest BCUT2D eigenvalue weighted by Crippen LogP contribution is -2.54. The van der Waals surface area contributed by atoms with E-state index < -0.39 is 11.5 Å². The Morgan fingerprint density at radius 1 is 1.41 bits per heavy atom. The van der Waals surface area contributed by atoms with Crippen molar-refractivity contribution in [2.24, 2.45) is 11.8 Å². The van der Waals surface area contributed by atoms with Gasteiger partial charge in [0.05, 0.1) is 0 Å². The molecule has 0 aromatic heterocycles. The summed E-state index contributed by atoms with van der Waals surface area (Å²) < 4.78 is 0. The van der Waals surface area contributed by atoms with Crippen molar-refractivity contribution >= 4 is 11.9 Å². The SMILES string of the molecule is CC(NC(=O)CC1CCNC1)(C(=O)O)C1CC1. The van der Waals surface area contributed by atoms with Crippen molar-refractivity contribution in [3.05, 3.63) is 0 Å². The second-order valence-corrected chi connectivity index (χ2v) is 5.39. The third kappa shape index (κ3) is 2.77. The van der Waals surface area contributed by atoms with Crippen molar-refractivity contribution in [3.8, 4) is 0 Å². The molecule has 96 valence electrons. The van der Waals surface area contributed by atoms with Gasteiger partial charge in [0, 0.05) is 6.42 Å². The lowest BCUT2D eigenvalue weighted by Gasteiger charge is -2.26. The zero-order chi connectivity index (χ0) is 12.5. The summed E-state index contributed by atoms with van der Waals surface area (Å²) in [5, 5.41) is 15.1. The molecule has 1 aliphatic carbocycles. The van der Waals surface area contributed by atoms with E-state index in [1.54, 1.807) is 6.92 Å². The number of carboxylic acids is 1. The Hall–Kier alpha value is -1.10. The van der Waals surface area contributed by atoms with Gasteiger partial charge in [0.25, 0.3) is 0 Å². The monoisotopic (exact) mass is 240 g/mol. The second-order valence-electron chi connectivity index (χ2n) is 5.39. The van der Waals surface area contributed by atoms with Gasteiger partial charge in [-0.3, -0.25) is 4.79 Å². The summed E-state index contributed by atoms with van der Waals surface area (Å²) in [6, 6.07) is 0. The third-order valence-corrected chi connectivity index (χ3v) is 3.87. The fraction of sp³-hybridized carbons (Fsp3) is 0.833. The minimum absolute atomic E-state index is 0.102. The van der Waals surface area contributed by atoms with E-state index in [0.717, 1.165) is 32.4 Å². The quantitative estimate of drug-likeness (QED) is 0.648. The Balaban J connectivity index is 1.89. The van der Waals surface area contributed by atoms with E-state index in [1.165, 1.54) is 0 Å². The normalized spacial score (nSPS) is 27.5. The molecule has 2 fully saturated rings. The Labute approximate surface area is 101 Å². The first-order valence-electron chi connectivity index (χ1n) is 6.27. The fourth-order valence-electron chi connectivity index (χ4n) is 2.48. The van der Waals surface area contributed by atoms with Gasteiger partial charge in [0.2, 0.25) is 5.91 Å². The van der Waals surface area contributed by atoms with E-state index in [1.807, 2.05) is 0 Å². The summed E-state index contributed by atoms with van der Waals surface area (Å²) in [7, 11) is 0. The van der Waals surface area contributed by atoms with Crippen LogP contribution in [0, 0.1) is 11.8 Å². The molecule has 1 aliphatic heterocycles. The summed E-state index contributed by atoms with van der Waals surface area (Å²) in [5.41, 5.74) is -1.07. The van der Waals surface area contributed by atoms with Crippen LogP contribution in [0.1, 0.15) is 32.6 Å². The summed E-state index contributed by atoms with van der Waals surface area (Å²) >= 11 is 0. The first-order chi connectivity index (χ1) is 8.02. The Bertz CT molecular complexity index is 322. The van der Waals surface area contributed by atoms with Gasteiger partial charge in [0.15, 0.2) is 0 Å². The minimum atomic E-state index is -1.07. The zero-order valence-electron chi connectivity index (χ0n) is 10.2. The third-order valence-electron chi connectivity index (χ3n) is 3.87. The molecule has 17 heavy (non-hydrogen) atoms. The Kier molecular flexibility index (Phi) is 3.38. The molecular formula is C12H20N2O3. The van der Waals surface area contributed by atoms with Gasteiger partial charge >= 0.3 is 5.97 Å². The van der Waals surface area contributed by atoms with Crippen LogP contribution in [0.2, 0.25) is 0 Å². The average molecular weight is 240 g/mol. The standard InChI is InChI=1S/C12H20N2O3/c1-12(11(16)17,9-2-3-9)14-10(15)6-8-4-5-13-7-8/h8-9,13H,2-7H2,1H3,(H,14,15)(H,16,17). The molecule has 1 heterocycles. The van der Waals surface area contributed by atoms with Gasteiger partial charge in [-0.2, -0.15) is 0 Å². The highest BCUT2D eigenvalue weighted by atomic mass is 16.4. The van der Waals surface area contributed by atoms with E-state index in [-0.39, 0.29) is 11.8 Å². The minimum Gasteiger partial charge on any atom is -0.480 e. The van der Waals surface area contributed by atoms with Crippen molar-refractivity contribution in [2.75, 3.05) is 13.1 Å². The van der Waals surface area contributed by atoms with Crippen LogP contribution in [-0.4, -0.2) is 35.6 Å². The number of carbonyl (C=O) groups excluding carboxylic acids is 1. The van der Waals surface area contributed by atoms with E-state index in [4.69, 9.17) is 0 Å². The molecule has 0 radical (unpaired) electrons. The smallest absolute Gasteiger partial charge is 0.329 e.